The van der Waals surface area contributed by atoms with Crippen molar-refractivity contribution in [3.8, 4) is 17.2 Å². The van der Waals surface area contributed by atoms with Gasteiger partial charge in [0.1, 0.15) is 23.4 Å². The molecule has 5 aromatic carbocycles. The lowest BCUT2D eigenvalue weighted by atomic mass is 9.92. The number of ether oxygens (including phenoxy) is 2. The van der Waals surface area contributed by atoms with Gasteiger partial charge < -0.3 is 24.8 Å². The summed E-state index contributed by atoms with van der Waals surface area (Å²) in [4.78, 5) is 33.0. The normalized spacial score (nSPS) is 15.2. The Morgan fingerprint density at radius 1 is 0.800 bits per heavy atom. The van der Waals surface area contributed by atoms with E-state index in [1.807, 2.05) is 113 Å². The molecule has 0 bridgehead atoms. The van der Waals surface area contributed by atoms with Gasteiger partial charge in [0.25, 0.3) is 0 Å². The first kappa shape index (κ1) is 51.3. The van der Waals surface area contributed by atoms with E-state index in [0.717, 1.165) is 97.1 Å². The number of amides is 2. The lowest BCUT2D eigenvalue weighted by Crippen LogP contribution is -2.47. The predicted octanol–water partition coefficient (Wildman–Crippen LogP) is 10.9. The van der Waals surface area contributed by atoms with Crippen molar-refractivity contribution in [1.29, 1.82) is 0 Å². The Balaban J connectivity index is 0.000000199. The summed E-state index contributed by atoms with van der Waals surface area (Å²) in [5.74, 6) is 2.92. The van der Waals surface area contributed by atoms with E-state index in [2.05, 4.69) is 21.0 Å². The van der Waals surface area contributed by atoms with Gasteiger partial charge in [0.15, 0.2) is 5.16 Å². The number of nitrogens with zero attached hydrogens (tertiary/aromatic N) is 5. The molecule has 15 heteroatoms. The number of para-hydroxylation sites is 3. The van der Waals surface area contributed by atoms with Gasteiger partial charge >= 0.3 is 6.36 Å². The van der Waals surface area contributed by atoms with E-state index in [0.29, 0.717) is 36.7 Å². The Kier molecular flexibility index (Phi) is 18.9. The molecule has 0 atom stereocenters. The molecule has 3 aliphatic rings. The van der Waals surface area contributed by atoms with E-state index in [-0.39, 0.29) is 17.8 Å². The zero-order valence-electron chi connectivity index (χ0n) is 39.5. The Hall–Kier alpha value is -6.58. The molecular weight excluding hydrogens is 914 g/mol. The van der Waals surface area contributed by atoms with Gasteiger partial charge in [0.05, 0.1) is 29.8 Å². The molecular formula is C55H61F3N6O5S. The van der Waals surface area contributed by atoms with Crippen LogP contribution in [0.2, 0.25) is 0 Å². The SMILES string of the molecule is Cc1ccccc1OC(F)(F)F.O=CNCc1cc2c3ccccc3nc(SCC3CCN(CC(=O)N4CCC(Oc5ccccc5)CC4)CC3)n2n1.Oc1ccc2c(c1)CCCC2.c1ccccc1. The van der Waals surface area contributed by atoms with Crippen molar-refractivity contribution in [3.63, 3.8) is 0 Å². The number of carbonyl (C=O) groups is 2. The van der Waals surface area contributed by atoms with Crippen molar-refractivity contribution < 1.29 is 37.3 Å². The molecule has 70 heavy (non-hydrogen) atoms. The van der Waals surface area contributed by atoms with Gasteiger partial charge in [0.2, 0.25) is 12.3 Å². The van der Waals surface area contributed by atoms with Gasteiger partial charge in [-0.2, -0.15) is 5.10 Å². The fraction of sp³-hybridized carbons (Fsp3) is 0.345. The number of halogens is 3. The number of piperidine rings is 2. The number of rotatable bonds is 11. The molecule has 2 N–H and O–H groups in total. The first-order chi connectivity index (χ1) is 34.0. The molecule has 2 aliphatic heterocycles. The summed E-state index contributed by atoms with van der Waals surface area (Å²) in [5, 5.41) is 18.5. The molecule has 10 rings (SSSR count). The van der Waals surface area contributed by atoms with Crippen molar-refractivity contribution in [3.05, 3.63) is 162 Å². The van der Waals surface area contributed by atoms with Crippen LogP contribution in [0.1, 0.15) is 60.9 Å². The first-order valence-corrected chi connectivity index (χ1v) is 24.9. The first-order valence-electron chi connectivity index (χ1n) is 23.9. The number of thioether (sulfide) groups is 1. The number of phenolic OH excluding ortho intramolecular Hbond substituents is 1. The van der Waals surface area contributed by atoms with Crippen LogP contribution in [-0.2, 0) is 29.0 Å². The molecule has 11 nitrogen and oxygen atoms in total. The lowest BCUT2D eigenvalue weighted by Gasteiger charge is -2.35. The Labute approximate surface area is 412 Å². The second-order valence-corrected chi connectivity index (χ2v) is 18.5. The zero-order valence-corrected chi connectivity index (χ0v) is 40.3. The molecule has 2 aromatic heterocycles. The van der Waals surface area contributed by atoms with Crippen LogP contribution in [0.25, 0.3) is 16.4 Å². The van der Waals surface area contributed by atoms with Crippen molar-refractivity contribution >= 4 is 40.5 Å². The van der Waals surface area contributed by atoms with Crippen LogP contribution in [0, 0.1) is 12.8 Å². The van der Waals surface area contributed by atoms with Crippen LogP contribution in [0.5, 0.6) is 17.2 Å². The van der Waals surface area contributed by atoms with Gasteiger partial charge in [-0.3, -0.25) is 14.5 Å². The number of carbonyl (C=O) groups excluding carboxylic acids is 2. The van der Waals surface area contributed by atoms with Gasteiger partial charge in [0, 0.05) is 37.1 Å². The number of aryl methyl sites for hydroxylation is 3. The van der Waals surface area contributed by atoms with Gasteiger partial charge in [-0.1, -0.05) is 109 Å². The average Bonchev–Trinajstić information content (AvgIpc) is 3.82. The zero-order chi connectivity index (χ0) is 49.1. The third-order valence-corrected chi connectivity index (χ3v) is 13.5. The van der Waals surface area contributed by atoms with E-state index in [9.17, 15) is 27.9 Å². The highest BCUT2D eigenvalue weighted by Crippen LogP contribution is 2.30. The maximum absolute atomic E-state index is 13.0. The van der Waals surface area contributed by atoms with Crippen LogP contribution < -0.4 is 14.8 Å². The largest absolute Gasteiger partial charge is 0.573 e. The summed E-state index contributed by atoms with van der Waals surface area (Å²) in [6.45, 7) is 5.85. The van der Waals surface area contributed by atoms with E-state index in [1.165, 1.54) is 42.5 Å². The van der Waals surface area contributed by atoms with Crippen LogP contribution >= 0.6 is 11.8 Å². The number of aromatic hydroxyl groups is 1. The van der Waals surface area contributed by atoms with Gasteiger partial charge in [-0.15, -0.1) is 13.2 Å². The molecule has 0 spiro atoms. The van der Waals surface area contributed by atoms with E-state index < -0.39 is 6.36 Å². The maximum atomic E-state index is 13.0. The Bertz CT molecular complexity index is 2680. The van der Waals surface area contributed by atoms with E-state index in [1.54, 1.807) is 36.9 Å². The monoisotopic (exact) mass is 974 g/mol. The number of likely N-dealkylation sites (tertiary alicyclic amines) is 2. The van der Waals surface area contributed by atoms with Crippen molar-refractivity contribution in [2.75, 3.05) is 38.5 Å². The van der Waals surface area contributed by atoms with Crippen LogP contribution in [-0.4, -0.2) is 92.8 Å². The third-order valence-electron chi connectivity index (χ3n) is 12.4. The van der Waals surface area contributed by atoms with Crippen molar-refractivity contribution in [1.82, 2.24) is 29.7 Å². The molecule has 1 aliphatic carbocycles. The number of phenols is 1. The van der Waals surface area contributed by atoms with Gasteiger partial charge in [-0.05, 0) is 124 Å². The van der Waals surface area contributed by atoms with Crippen LogP contribution in [0.15, 0.2) is 145 Å². The second-order valence-electron chi connectivity index (χ2n) is 17.5. The lowest BCUT2D eigenvalue weighted by molar-refractivity contribution is -0.274. The molecule has 0 radical (unpaired) electrons. The maximum Gasteiger partial charge on any atom is 0.573 e. The summed E-state index contributed by atoms with van der Waals surface area (Å²) in [6.07, 6.45) is 5.06. The number of alkyl halides is 3. The molecule has 2 amide bonds. The van der Waals surface area contributed by atoms with Gasteiger partial charge in [-0.25, -0.2) is 9.50 Å². The smallest absolute Gasteiger partial charge is 0.508 e. The minimum atomic E-state index is -4.61. The van der Waals surface area contributed by atoms with E-state index in [4.69, 9.17) is 14.8 Å². The highest BCUT2D eigenvalue weighted by atomic mass is 32.2. The summed E-state index contributed by atoms with van der Waals surface area (Å²) < 4.78 is 46.8. The molecule has 2 fully saturated rings. The van der Waals surface area contributed by atoms with E-state index >= 15 is 0 Å². The highest BCUT2D eigenvalue weighted by Gasteiger charge is 2.31. The van der Waals surface area contributed by atoms with Crippen molar-refractivity contribution in [2.45, 2.75) is 82.5 Å². The molecule has 0 unspecified atom stereocenters. The summed E-state index contributed by atoms with van der Waals surface area (Å²) in [5.41, 5.74) is 5.99. The highest BCUT2D eigenvalue weighted by molar-refractivity contribution is 7.99. The standard InChI is InChI=1S/C31H36N6O3S.C10H12O.C8H7F3O.C6H6/c38-22-32-19-24-18-29-27-8-4-5-9-28(27)33-31(37(29)34-24)41-21-23-10-14-35(15-11-23)20-30(39)36-16-12-26(13-17-36)40-25-6-2-1-3-7-25;11-10-6-5-8-3-1-2-4-9(8)7-10;1-6-4-2-3-5-7(6)12-8(9,10)11;1-2-4-6-5-3-1/h1-9,18,22-23,26H,10-17,19-21H2,(H,32,38);5-7,11H,1-4H2;2-5H,1H3;1-6H. The number of aromatic nitrogens is 3. The number of fused-ring (bicyclic) bond motifs is 4. The molecule has 0 saturated carbocycles. The molecule has 368 valence electrons. The Morgan fingerprint density at radius 2 is 1.44 bits per heavy atom. The number of nitrogens with one attached hydrogen (secondary N) is 1. The molecule has 7 aromatic rings. The number of benzene rings is 5. The third kappa shape index (κ3) is 15.7. The minimum Gasteiger partial charge on any atom is -0.508 e. The van der Waals surface area contributed by atoms with Crippen molar-refractivity contribution in [2.24, 2.45) is 5.92 Å². The summed E-state index contributed by atoms with van der Waals surface area (Å²) in [7, 11) is 0. The fourth-order valence-corrected chi connectivity index (χ4v) is 9.78. The molecule has 4 heterocycles. The minimum absolute atomic E-state index is 0.148. The Morgan fingerprint density at radius 3 is 2.13 bits per heavy atom. The topological polar surface area (TPSA) is 122 Å². The number of hydrogen-bond acceptors (Lipinski definition) is 9. The average molecular weight is 975 g/mol. The summed E-state index contributed by atoms with van der Waals surface area (Å²) in [6, 6.07) is 43.8. The quantitative estimate of drug-likeness (QED) is 0.0741. The number of hydrogen-bond donors (Lipinski definition) is 2. The summed E-state index contributed by atoms with van der Waals surface area (Å²) >= 11 is 1.74. The predicted molar refractivity (Wildman–Crippen MR) is 269 cm³/mol. The van der Waals surface area contributed by atoms with Crippen LogP contribution in [0.3, 0.4) is 0 Å². The second kappa shape index (κ2) is 25.9. The molecule has 2 saturated heterocycles. The van der Waals surface area contributed by atoms with Crippen LogP contribution in [0.4, 0.5) is 13.2 Å². The fourth-order valence-electron chi connectivity index (χ4n) is 8.64.